The van der Waals surface area contributed by atoms with Gasteiger partial charge in [-0.15, -0.1) is 17.9 Å². The highest BCUT2D eigenvalue weighted by atomic mass is 32.1. The van der Waals surface area contributed by atoms with Gasteiger partial charge in [-0.1, -0.05) is 18.2 Å². The van der Waals surface area contributed by atoms with Crippen LogP contribution in [0.15, 0.2) is 42.5 Å². The van der Waals surface area contributed by atoms with Crippen molar-refractivity contribution < 1.29 is 9.59 Å². The lowest BCUT2D eigenvalue weighted by atomic mass is 10.1. The molecule has 1 aliphatic heterocycles. The molecule has 0 spiro atoms. The van der Waals surface area contributed by atoms with Crippen LogP contribution in [0.25, 0.3) is 16.3 Å². The van der Waals surface area contributed by atoms with Crippen LogP contribution in [0.4, 0.5) is 0 Å². The van der Waals surface area contributed by atoms with Crippen LogP contribution in [0, 0.1) is 0 Å². The van der Waals surface area contributed by atoms with Gasteiger partial charge in [-0.2, -0.15) is 0 Å². The number of carbonyl (C=O) groups excluding carboxylic acids is 2. The van der Waals surface area contributed by atoms with Gasteiger partial charge in [0.25, 0.3) is 11.8 Å². The highest BCUT2D eigenvalue weighted by molar-refractivity contribution is 7.80. The van der Waals surface area contributed by atoms with Crippen LogP contribution < -0.4 is 5.32 Å². The third-order valence-electron chi connectivity index (χ3n) is 3.08. The summed E-state index contributed by atoms with van der Waals surface area (Å²) < 4.78 is 0.997. The second kappa shape index (κ2) is 5.78. The quantitative estimate of drug-likeness (QED) is 0.405. The van der Waals surface area contributed by atoms with E-state index in [1.165, 1.54) is 22.3 Å². The summed E-state index contributed by atoms with van der Waals surface area (Å²) in [4.78, 5) is 30.1. The minimum atomic E-state index is -0.505. The molecule has 0 atom stereocenters. The fourth-order valence-electron chi connectivity index (χ4n) is 2.06. The van der Waals surface area contributed by atoms with Gasteiger partial charge in [-0.25, -0.2) is 4.98 Å². The molecule has 22 heavy (non-hydrogen) atoms. The van der Waals surface area contributed by atoms with Crippen molar-refractivity contribution in [2.75, 3.05) is 6.54 Å². The molecule has 2 amide bonds. The molecule has 0 radical (unpaired) electrons. The van der Waals surface area contributed by atoms with Gasteiger partial charge < -0.3 is 0 Å². The molecule has 0 bridgehead atoms. The van der Waals surface area contributed by atoms with Crippen molar-refractivity contribution in [3.63, 3.8) is 0 Å². The van der Waals surface area contributed by atoms with Gasteiger partial charge in [0.15, 0.2) is 5.11 Å². The Balaban J connectivity index is 2.00. The minimum Gasteiger partial charge on any atom is -0.298 e. The number of thiazole rings is 1. The van der Waals surface area contributed by atoms with E-state index in [2.05, 4.69) is 16.9 Å². The number of rotatable bonds is 3. The van der Waals surface area contributed by atoms with Gasteiger partial charge in [0.1, 0.15) is 10.6 Å². The van der Waals surface area contributed by atoms with Crippen LogP contribution in [0.1, 0.15) is 5.01 Å². The second-order valence-electron chi connectivity index (χ2n) is 4.54. The Morgan fingerprint density at radius 3 is 2.86 bits per heavy atom. The van der Waals surface area contributed by atoms with E-state index >= 15 is 0 Å². The molecular weight excluding hydrogens is 318 g/mol. The SMILES string of the molecule is C=CCN1C(=O)C(=Cc2nc3ccccc3s2)C(=O)NC1=S. The molecule has 0 aliphatic carbocycles. The molecule has 1 aliphatic rings. The first-order valence-electron chi connectivity index (χ1n) is 6.45. The average Bonchev–Trinajstić information content (AvgIpc) is 2.90. The second-order valence-corrected chi connectivity index (χ2v) is 5.99. The lowest BCUT2D eigenvalue weighted by Crippen LogP contribution is -2.53. The van der Waals surface area contributed by atoms with Crippen LogP contribution in [0.3, 0.4) is 0 Å². The predicted molar refractivity (Wildman–Crippen MR) is 90.2 cm³/mol. The minimum absolute atomic E-state index is 0.0227. The predicted octanol–water partition coefficient (Wildman–Crippen LogP) is 2.11. The van der Waals surface area contributed by atoms with Crippen LogP contribution in [0.2, 0.25) is 0 Å². The van der Waals surface area contributed by atoms with E-state index in [1.54, 1.807) is 6.08 Å². The van der Waals surface area contributed by atoms with Crippen LogP contribution in [0.5, 0.6) is 0 Å². The number of para-hydroxylation sites is 1. The molecule has 0 unspecified atom stereocenters. The van der Waals surface area contributed by atoms with Crippen molar-refractivity contribution in [1.82, 2.24) is 15.2 Å². The van der Waals surface area contributed by atoms with Gasteiger partial charge in [0.05, 0.1) is 10.2 Å². The normalized spacial score (nSPS) is 17.2. The van der Waals surface area contributed by atoms with Crippen molar-refractivity contribution in [3.05, 3.63) is 47.5 Å². The standard InChI is InChI=1S/C15H11N3O2S2/c1-2-7-18-14(20)9(13(19)17-15(18)21)8-12-16-10-5-3-4-6-11(10)22-12/h2-6,8H,1,7H2,(H,17,19,21). The Hall–Kier alpha value is -2.38. The molecule has 1 N–H and O–H groups in total. The Morgan fingerprint density at radius 1 is 1.36 bits per heavy atom. The van der Waals surface area contributed by atoms with Gasteiger partial charge in [-0.3, -0.25) is 19.8 Å². The molecule has 7 heteroatoms. The molecule has 110 valence electrons. The molecule has 2 heterocycles. The van der Waals surface area contributed by atoms with Gasteiger partial charge in [0.2, 0.25) is 0 Å². The number of hydrogen-bond acceptors (Lipinski definition) is 5. The smallest absolute Gasteiger partial charge is 0.266 e. The molecule has 1 aromatic carbocycles. The number of fused-ring (bicyclic) bond motifs is 1. The lowest BCUT2D eigenvalue weighted by molar-refractivity contribution is -0.128. The Labute approximate surface area is 135 Å². The maximum Gasteiger partial charge on any atom is 0.266 e. The number of carbonyl (C=O) groups is 2. The van der Waals surface area contributed by atoms with Crippen molar-refractivity contribution >= 4 is 56.8 Å². The third kappa shape index (κ3) is 2.56. The van der Waals surface area contributed by atoms with Crippen molar-refractivity contribution in [3.8, 4) is 0 Å². The summed E-state index contributed by atoms with van der Waals surface area (Å²) in [6.45, 7) is 3.83. The Morgan fingerprint density at radius 2 is 2.14 bits per heavy atom. The molecule has 1 fully saturated rings. The average molecular weight is 329 g/mol. The maximum atomic E-state index is 12.4. The highest BCUT2D eigenvalue weighted by Gasteiger charge is 2.32. The summed E-state index contributed by atoms with van der Waals surface area (Å²) >= 11 is 6.42. The molecule has 1 saturated heterocycles. The van der Waals surface area contributed by atoms with E-state index in [0.717, 1.165) is 10.2 Å². The van der Waals surface area contributed by atoms with Crippen molar-refractivity contribution in [1.29, 1.82) is 0 Å². The van der Waals surface area contributed by atoms with Gasteiger partial charge in [-0.05, 0) is 30.4 Å². The number of hydrogen-bond donors (Lipinski definition) is 1. The topological polar surface area (TPSA) is 62.3 Å². The van der Waals surface area contributed by atoms with Gasteiger partial charge in [0, 0.05) is 6.54 Å². The van der Waals surface area contributed by atoms with E-state index in [1.807, 2.05) is 24.3 Å². The summed E-state index contributed by atoms with van der Waals surface area (Å²) in [7, 11) is 0. The first kappa shape index (κ1) is 14.6. The number of amides is 2. The molecule has 3 rings (SSSR count). The highest BCUT2D eigenvalue weighted by Crippen LogP contribution is 2.24. The van der Waals surface area contributed by atoms with Crippen molar-refractivity contribution in [2.24, 2.45) is 0 Å². The summed E-state index contributed by atoms with van der Waals surface area (Å²) in [5.74, 6) is -0.942. The Kier molecular flexibility index (Phi) is 3.82. The zero-order valence-corrected chi connectivity index (χ0v) is 13.0. The lowest BCUT2D eigenvalue weighted by Gasteiger charge is -2.27. The van der Waals surface area contributed by atoms with E-state index < -0.39 is 11.8 Å². The largest absolute Gasteiger partial charge is 0.298 e. The first-order chi connectivity index (χ1) is 10.6. The van der Waals surface area contributed by atoms with E-state index in [4.69, 9.17) is 12.2 Å². The summed E-state index contributed by atoms with van der Waals surface area (Å²) in [5, 5.41) is 3.20. The van der Waals surface area contributed by atoms with Gasteiger partial charge >= 0.3 is 0 Å². The Bertz CT molecular complexity index is 805. The maximum absolute atomic E-state index is 12.4. The number of nitrogens with one attached hydrogen (secondary N) is 1. The monoisotopic (exact) mass is 329 g/mol. The fourth-order valence-corrected chi connectivity index (χ4v) is 3.23. The fraction of sp³-hybridized carbons (Fsp3) is 0.0667. The number of thiocarbonyl (C=S) groups is 1. The zero-order valence-electron chi connectivity index (χ0n) is 11.4. The van der Waals surface area contributed by atoms with Crippen LogP contribution in [-0.2, 0) is 9.59 Å². The molecule has 0 saturated carbocycles. The third-order valence-corrected chi connectivity index (χ3v) is 4.38. The summed E-state index contributed by atoms with van der Waals surface area (Å²) in [6.07, 6.45) is 3.05. The number of aromatic nitrogens is 1. The zero-order chi connectivity index (χ0) is 15.7. The summed E-state index contributed by atoms with van der Waals surface area (Å²) in [5.41, 5.74) is 0.857. The van der Waals surface area contributed by atoms with E-state index in [9.17, 15) is 9.59 Å². The molecule has 5 nitrogen and oxygen atoms in total. The number of nitrogens with zero attached hydrogens (tertiary/aromatic N) is 2. The van der Waals surface area contributed by atoms with Crippen LogP contribution >= 0.6 is 23.6 Å². The number of benzene rings is 1. The van der Waals surface area contributed by atoms with Crippen LogP contribution in [-0.4, -0.2) is 33.4 Å². The summed E-state index contributed by atoms with van der Waals surface area (Å²) in [6, 6.07) is 7.63. The first-order valence-corrected chi connectivity index (χ1v) is 7.68. The molecule has 2 aromatic rings. The van der Waals surface area contributed by atoms with Crippen molar-refractivity contribution in [2.45, 2.75) is 0 Å². The molecule has 1 aromatic heterocycles. The molecular formula is C15H11N3O2S2. The van der Waals surface area contributed by atoms with E-state index in [0.29, 0.717) is 5.01 Å². The van der Waals surface area contributed by atoms with E-state index in [-0.39, 0.29) is 17.2 Å².